The minimum atomic E-state index is -3.93. The Morgan fingerprint density at radius 3 is 2.52 bits per heavy atom. The predicted molar refractivity (Wildman–Crippen MR) is 95.5 cm³/mol. The number of fused-ring (bicyclic) bond motifs is 1. The number of esters is 2. The van der Waals surface area contributed by atoms with Crippen LogP contribution in [0, 0.1) is 11.3 Å². The topological polar surface area (TPSA) is 116 Å². The van der Waals surface area contributed by atoms with E-state index in [0.29, 0.717) is 32.1 Å². The summed E-state index contributed by atoms with van der Waals surface area (Å²) in [4.78, 5) is 37.2. The predicted octanol–water partition coefficient (Wildman–Crippen LogP) is 1.72. The van der Waals surface area contributed by atoms with E-state index in [0.717, 1.165) is 6.26 Å². The van der Waals surface area contributed by atoms with E-state index < -0.39 is 43.7 Å². The Labute approximate surface area is 159 Å². The molecule has 8 nitrogen and oxygen atoms in total. The van der Waals surface area contributed by atoms with Crippen LogP contribution in [0.5, 0.6) is 0 Å². The quantitative estimate of drug-likeness (QED) is 0.713. The van der Waals surface area contributed by atoms with E-state index in [-0.39, 0.29) is 18.4 Å². The Hall–Kier alpha value is -1.64. The van der Waals surface area contributed by atoms with Crippen LogP contribution in [0.3, 0.4) is 0 Å². The minimum Gasteiger partial charge on any atom is -0.462 e. The number of ether oxygens (including phenoxy) is 2. The highest BCUT2D eigenvalue weighted by molar-refractivity contribution is 8.05. The molecule has 2 saturated heterocycles. The maximum absolute atomic E-state index is 12.7. The molecule has 0 spiro atoms. The van der Waals surface area contributed by atoms with Gasteiger partial charge >= 0.3 is 17.2 Å². The number of nitrogens with one attached hydrogen (secondary N) is 1. The van der Waals surface area contributed by atoms with Crippen LogP contribution in [-0.4, -0.2) is 49.1 Å². The third-order valence-electron chi connectivity index (χ3n) is 6.20. The molecular formula is C18H27NO7S. The van der Waals surface area contributed by atoms with Crippen LogP contribution in [0.1, 0.15) is 59.3 Å². The second-order valence-corrected chi connectivity index (χ2v) is 10.9. The summed E-state index contributed by atoms with van der Waals surface area (Å²) in [6.07, 6.45) is 2.54. The fourth-order valence-electron chi connectivity index (χ4n) is 4.55. The average molecular weight is 401 g/mol. The lowest BCUT2D eigenvalue weighted by molar-refractivity contribution is -0.186. The number of hydrogen-bond donors (Lipinski definition) is 1. The van der Waals surface area contributed by atoms with Crippen molar-refractivity contribution in [2.75, 3.05) is 6.26 Å². The molecule has 4 bridgehead atoms. The summed E-state index contributed by atoms with van der Waals surface area (Å²) in [6.45, 7) is 5.49. The van der Waals surface area contributed by atoms with Crippen LogP contribution < -0.4 is 5.32 Å². The lowest BCUT2D eigenvalue weighted by Crippen LogP contribution is -2.64. The SMILES string of the molecule is CCC(C)(C)C(=O)OC12CC3CC(NC(=O)S(C)(=O)=O)(CC(C1)C(=O)O3)C2. The molecule has 4 atom stereocenters. The number of hydrogen-bond acceptors (Lipinski definition) is 7. The second kappa shape index (κ2) is 6.18. The van der Waals surface area contributed by atoms with Gasteiger partial charge in [-0.05, 0) is 26.7 Å². The Kier molecular flexibility index (Phi) is 4.61. The second-order valence-electron chi connectivity index (χ2n) is 9.02. The van der Waals surface area contributed by atoms with Crippen LogP contribution in [0.4, 0.5) is 4.79 Å². The Bertz CT molecular complexity index is 790. The van der Waals surface area contributed by atoms with Crippen LogP contribution in [0.2, 0.25) is 0 Å². The van der Waals surface area contributed by atoms with E-state index in [2.05, 4.69) is 5.32 Å². The van der Waals surface area contributed by atoms with Crippen molar-refractivity contribution in [3.8, 4) is 0 Å². The molecule has 1 amide bonds. The van der Waals surface area contributed by atoms with Gasteiger partial charge in [-0.1, -0.05) is 6.92 Å². The summed E-state index contributed by atoms with van der Waals surface area (Å²) >= 11 is 0. The molecule has 0 aromatic rings. The first-order valence-electron chi connectivity index (χ1n) is 9.26. The fourth-order valence-corrected chi connectivity index (χ4v) is 4.95. The highest BCUT2D eigenvalue weighted by Gasteiger charge is 2.62. The van der Waals surface area contributed by atoms with E-state index in [1.165, 1.54) is 0 Å². The molecule has 0 aromatic heterocycles. The number of sulfone groups is 1. The van der Waals surface area contributed by atoms with Crippen LogP contribution in [-0.2, 0) is 28.9 Å². The minimum absolute atomic E-state index is 0.288. The van der Waals surface area contributed by atoms with Crippen LogP contribution >= 0.6 is 0 Å². The molecule has 2 aliphatic heterocycles. The third kappa shape index (κ3) is 3.70. The Morgan fingerprint density at radius 1 is 1.26 bits per heavy atom. The molecule has 2 aliphatic carbocycles. The van der Waals surface area contributed by atoms with Gasteiger partial charge in [0.1, 0.15) is 11.7 Å². The summed E-state index contributed by atoms with van der Waals surface area (Å²) in [5, 5.41) is 1.55. The molecule has 0 aromatic carbocycles. The van der Waals surface area contributed by atoms with E-state index >= 15 is 0 Å². The zero-order chi connectivity index (χ0) is 20.3. The summed E-state index contributed by atoms with van der Waals surface area (Å²) in [7, 11) is -3.93. The standard InChI is InChI=1S/C18H27NO7S/c1-5-16(2,3)14(21)26-18-7-11-6-17(10-18,19-15(22)27(4,23)24)8-12(9-18)25-13(11)20/h11-12H,5-10H2,1-4H3,(H,19,22). The molecular weight excluding hydrogens is 374 g/mol. The summed E-state index contributed by atoms with van der Waals surface area (Å²) in [5.74, 6) is -1.27. The average Bonchev–Trinajstić information content (AvgIpc) is 2.66. The summed E-state index contributed by atoms with van der Waals surface area (Å²) < 4.78 is 34.7. The van der Waals surface area contributed by atoms with Crippen molar-refractivity contribution < 1.29 is 32.3 Å². The highest BCUT2D eigenvalue weighted by atomic mass is 32.2. The molecule has 9 heteroatoms. The largest absolute Gasteiger partial charge is 0.462 e. The number of carbonyl (C=O) groups is 3. The highest BCUT2D eigenvalue weighted by Crippen LogP contribution is 2.54. The first kappa shape index (κ1) is 20.1. The zero-order valence-electron chi connectivity index (χ0n) is 16.2. The van der Waals surface area contributed by atoms with Crippen molar-refractivity contribution in [2.24, 2.45) is 11.3 Å². The van der Waals surface area contributed by atoms with E-state index in [1.54, 1.807) is 13.8 Å². The Morgan fingerprint density at radius 2 is 1.93 bits per heavy atom. The molecule has 4 fully saturated rings. The zero-order valence-corrected chi connectivity index (χ0v) is 17.0. The lowest BCUT2D eigenvalue weighted by Gasteiger charge is -2.52. The molecule has 4 aliphatic rings. The molecule has 4 unspecified atom stereocenters. The molecule has 27 heavy (non-hydrogen) atoms. The molecule has 1 N–H and O–H groups in total. The van der Waals surface area contributed by atoms with Gasteiger partial charge < -0.3 is 14.8 Å². The van der Waals surface area contributed by atoms with Gasteiger partial charge in [-0.15, -0.1) is 0 Å². The summed E-state index contributed by atoms with van der Waals surface area (Å²) in [5.41, 5.74) is -2.55. The normalized spacial score (nSPS) is 35.3. The fraction of sp³-hybridized carbons (Fsp3) is 0.833. The van der Waals surface area contributed by atoms with Crippen molar-refractivity contribution in [3.05, 3.63) is 0 Å². The molecule has 4 rings (SSSR count). The van der Waals surface area contributed by atoms with Gasteiger partial charge in [0.25, 0.3) is 0 Å². The van der Waals surface area contributed by atoms with E-state index in [1.807, 2.05) is 6.92 Å². The van der Waals surface area contributed by atoms with Crippen molar-refractivity contribution in [3.63, 3.8) is 0 Å². The Balaban J connectivity index is 1.94. The monoisotopic (exact) mass is 401 g/mol. The van der Waals surface area contributed by atoms with Crippen molar-refractivity contribution >= 4 is 27.0 Å². The van der Waals surface area contributed by atoms with Crippen LogP contribution in [0.15, 0.2) is 0 Å². The van der Waals surface area contributed by atoms with Gasteiger partial charge in [-0.2, -0.15) is 0 Å². The molecule has 2 heterocycles. The molecule has 0 radical (unpaired) electrons. The number of rotatable bonds is 4. The maximum Gasteiger partial charge on any atom is 0.336 e. The van der Waals surface area contributed by atoms with Gasteiger partial charge in [0, 0.05) is 37.5 Å². The molecule has 2 saturated carbocycles. The smallest absolute Gasteiger partial charge is 0.336 e. The molecule has 152 valence electrons. The van der Waals surface area contributed by atoms with Gasteiger partial charge in [-0.3, -0.25) is 14.4 Å². The third-order valence-corrected chi connectivity index (χ3v) is 6.98. The first-order valence-corrected chi connectivity index (χ1v) is 11.2. The van der Waals surface area contributed by atoms with Crippen molar-refractivity contribution in [2.45, 2.75) is 76.5 Å². The van der Waals surface area contributed by atoms with Gasteiger partial charge in [-0.25, -0.2) is 8.42 Å². The van der Waals surface area contributed by atoms with E-state index in [4.69, 9.17) is 9.47 Å². The van der Waals surface area contributed by atoms with Crippen molar-refractivity contribution in [1.29, 1.82) is 0 Å². The van der Waals surface area contributed by atoms with Crippen molar-refractivity contribution in [1.82, 2.24) is 5.32 Å². The van der Waals surface area contributed by atoms with Gasteiger partial charge in [0.05, 0.1) is 11.3 Å². The number of carbonyl (C=O) groups excluding carboxylic acids is 3. The van der Waals surface area contributed by atoms with E-state index in [9.17, 15) is 22.8 Å². The lowest BCUT2D eigenvalue weighted by atomic mass is 9.61. The van der Waals surface area contributed by atoms with Crippen LogP contribution in [0.25, 0.3) is 0 Å². The van der Waals surface area contributed by atoms with Gasteiger partial charge in [0.15, 0.2) is 0 Å². The first-order chi connectivity index (χ1) is 12.3. The number of amides is 1. The maximum atomic E-state index is 12.7. The van der Waals surface area contributed by atoms with Gasteiger partial charge in [0.2, 0.25) is 9.84 Å². The summed E-state index contributed by atoms with van der Waals surface area (Å²) in [6, 6.07) is 0.